The Hall–Kier alpha value is -2.90. The van der Waals surface area contributed by atoms with Gasteiger partial charge in [-0.2, -0.15) is 0 Å². The predicted molar refractivity (Wildman–Crippen MR) is 160 cm³/mol. The Morgan fingerprint density at radius 2 is 1.70 bits per heavy atom. The molecule has 1 unspecified atom stereocenters. The van der Waals surface area contributed by atoms with Crippen LogP contribution in [0.1, 0.15) is 59.7 Å². The third kappa shape index (κ3) is 7.24. The molecule has 6 nitrogen and oxygen atoms in total. The first kappa shape index (κ1) is 30.1. The standard InChI is InChI=1S/C30H26Cl4N2O4/c1-2-6-20(37)8-5-12-40-26-11-10-18(31)14-22(26)30(39)36-29-25(38)13-17-7-3-4-9-21(17)28(35-29)27-23(33)15-19(32)16-24(27)34/h3-4,7,9-11,14-16,29H,2,5-6,8,12-13H2,1H3,(H,36,39). The summed E-state index contributed by atoms with van der Waals surface area (Å²) >= 11 is 25.4. The highest BCUT2D eigenvalue weighted by atomic mass is 35.5. The van der Waals surface area contributed by atoms with Gasteiger partial charge in [0.15, 0.2) is 11.9 Å². The van der Waals surface area contributed by atoms with Crippen LogP contribution in [0.5, 0.6) is 5.75 Å². The van der Waals surface area contributed by atoms with Crippen molar-refractivity contribution < 1.29 is 19.1 Å². The van der Waals surface area contributed by atoms with Crippen LogP contribution in [0.25, 0.3) is 0 Å². The van der Waals surface area contributed by atoms with Gasteiger partial charge in [-0.1, -0.05) is 77.6 Å². The smallest absolute Gasteiger partial charge is 0.257 e. The summed E-state index contributed by atoms with van der Waals surface area (Å²) in [6, 6.07) is 15.0. The molecule has 0 aromatic heterocycles. The molecule has 208 valence electrons. The van der Waals surface area contributed by atoms with E-state index in [0.29, 0.717) is 46.1 Å². The summed E-state index contributed by atoms with van der Waals surface area (Å²) in [5.74, 6) is -0.471. The van der Waals surface area contributed by atoms with E-state index < -0.39 is 12.1 Å². The van der Waals surface area contributed by atoms with Gasteiger partial charge in [-0.05, 0) is 48.7 Å². The van der Waals surface area contributed by atoms with Crippen LogP contribution in [0, 0.1) is 0 Å². The first-order valence-electron chi connectivity index (χ1n) is 12.8. The number of halogens is 4. The van der Waals surface area contributed by atoms with Crippen LogP contribution in [0.15, 0.2) is 59.6 Å². The van der Waals surface area contributed by atoms with Crippen molar-refractivity contribution in [2.24, 2.45) is 4.99 Å². The maximum Gasteiger partial charge on any atom is 0.257 e. The first-order valence-corrected chi connectivity index (χ1v) is 14.3. The van der Waals surface area contributed by atoms with Crippen LogP contribution in [0.4, 0.5) is 0 Å². The van der Waals surface area contributed by atoms with Crippen LogP contribution in [0.2, 0.25) is 20.1 Å². The van der Waals surface area contributed by atoms with Crippen molar-refractivity contribution in [2.45, 2.75) is 45.2 Å². The maximum absolute atomic E-state index is 13.5. The van der Waals surface area contributed by atoms with Crippen molar-refractivity contribution in [2.75, 3.05) is 6.61 Å². The molecule has 3 aromatic rings. The van der Waals surface area contributed by atoms with Gasteiger partial charge in [0.05, 0.1) is 27.9 Å². The summed E-state index contributed by atoms with van der Waals surface area (Å²) < 4.78 is 5.83. The van der Waals surface area contributed by atoms with E-state index in [9.17, 15) is 14.4 Å². The molecule has 0 aliphatic carbocycles. The highest BCUT2D eigenvalue weighted by molar-refractivity contribution is 6.43. The molecule has 0 radical (unpaired) electrons. The molecule has 1 heterocycles. The molecule has 1 aliphatic heterocycles. The fourth-order valence-corrected chi connectivity index (χ4v) is 5.57. The molecule has 0 saturated heterocycles. The number of benzene rings is 3. The molecule has 1 amide bonds. The molecule has 0 bridgehead atoms. The molecule has 4 rings (SSSR count). The fraction of sp³-hybridized carbons (Fsp3) is 0.267. The van der Waals surface area contributed by atoms with E-state index in [0.717, 1.165) is 12.0 Å². The van der Waals surface area contributed by atoms with E-state index in [4.69, 9.17) is 51.1 Å². The van der Waals surface area contributed by atoms with E-state index in [-0.39, 0.29) is 46.0 Å². The lowest BCUT2D eigenvalue weighted by atomic mass is 9.96. The molecular formula is C30H26Cl4N2O4. The number of nitrogens with one attached hydrogen (secondary N) is 1. The van der Waals surface area contributed by atoms with Gasteiger partial charge in [0.1, 0.15) is 11.5 Å². The van der Waals surface area contributed by atoms with Crippen molar-refractivity contribution in [3.05, 3.63) is 96.9 Å². The number of nitrogens with zero attached hydrogens (tertiary/aromatic N) is 1. The minimum atomic E-state index is -1.24. The molecular weight excluding hydrogens is 594 g/mol. The molecule has 1 N–H and O–H groups in total. The second kappa shape index (κ2) is 13.6. The Balaban J connectivity index is 1.64. The lowest BCUT2D eigenvalue weighted by Gasteiger charge is -2.17. The first-order chi connectivity index (χ1) is 19.2. The third-order valence-corrected chi connectivity index (χ3v) is 7.33. The number of Topliss-reactive ketones (excluding diaryl/α,β-unsaturated/α-hetero) is 2. The van der Waals surface area contributed by atoms with Crippen LogP contribution < -0.4 is 10.1 Å². The van der Waals surface area contributed by atoms with Crippen LogP contribution in [-0.4, -0.2) is 36.0 Å². The lowest BCUT2D eigenvalue weighted by molar-refractivity contribution is -0.120. The number of carbonyl (C=O) groups is 3. The van der Waals surface area contributed by atoms with Crippen molar-refractivity contribution in [3.8, 4) is 5.75 Å². The molecule has 10 heteroatoms. The topological polar surface area (TPSA) is 84.8 Å². The number of rotatable bonds is 10. The maximum atomic E-state index is 13.5. The van der Waals surface area contributed by atoms with Crippen molar-refractivity contribution in [1.29, 1.82) is 0 Å². The highest BCUT2D eigenvalue weighted by Gasteiger charge is 2.30. The van der Waals surface area contributed by atoms with E-state index in [2.05, 4.69) is 10.3 Å². The van der Waals surface area contributed by atoms with Crippen LogP contribution in [-0.2, 0) is 16.0 Å². The number of carbonyl (C=O) groups excluding carboxylic acids is 3. The van der Waals surface area contributed by atoms with Crippen LogP contribution >= 0.6 is 46.4 Å². The fourth-order valence-electron chi connectivity index (χ4n) is 4.40. The number of amides is 1. The van der Waals surface area contributed by atoms with Gasteiger partial charge < -0.3 is 10.1 Å². The number of ketones is 2. The van der Waals surface area contributed by atoms with E-state index in [1.54, 1.807) is 24.3 Å². The van der Waals surface area contributed by atoms with Gasteiger partial charge in [-0.25, -0.2) is 0 Å². The quantitative estimate of drug-likeness (QED) is 0.238. The molecule has 1 aliphatic rings. The van der Waals surface area contributed by atoms with Gasteiger partial charge in [0.2, 0.25) is 0 Å². The zero-order chi connectivity index (χ0) is 28.8. The van der Waals surface area contributed by atoms with Gasteiger partial charge in [0.25, 0.3) is 5.91 Å². The molecule has 40 heavy (non-hydrogen) atoms. The van der Waals surface area contributed by atoms with Gasteiger partial charge in [-0.15, -0.1) is 0 Å². The number of fused-ring (bicyclic) bond motifs is 1. The zero-order valence-corrected chi connectivity index (χ0v) is 24.6. The average molecular weight is 620 g/mol. The van der Waals surface area contributed by atoms with Gasteiger partial charge >= 0.3 is 0 Å². The SMILES string of the molecule is CCCC(=O)CCCOc1ccc(Cl)cc1C(=O)NC1N=C(c2c(Cl)cc(Cl)cc2Cl)c2ccccc2CC1=O. The summed E-state index contributed by atoms with van der Waals surface area (Å²) in [6.45, 7) is 2.20. The summed E-state index contributed by atoms with van der Waals surface area (Å²) in [5.41, 5.74) is 2.29. The van der Waals surface area contributed by atoms with Crippen molar-refractivity contribution in [3.63, 3.8) is 0 Å². The third-order valence-electron chi connectivity index (χ3n) is 6.28. The molecule has 0 saturated carbocycles. The second-order valence-electron chi connectivity index (χ2n) is 9.28. The zero-order valence-electron chi connectivity index (χ0n) is 21.6. The van der Waals surface area contributed by atoms with Crippen molar-refractivity contribution >= 4 is 69.6 Å². The molecule has 0 spiro atoms. The predicted octanol–water partition coefficient (Wildman–Crippen LogP) is 7.55. The minimum Gasteiger partial charge on any atom is -0.493 e. The van der Waals surface area contributed by atoms with Crippen LogP contribution in [0.3, 0.4) is 0 Å². The van der Waals surface area contributed by atoms with E-state index >= 15 is 0 Å². The Morgan fingerprint density at radius 3 is 2.42 bits per heavy atom. The summed E-state index contributed by atoms with van der Waals surface area (Å²) in [4.78, 5) is 43.3. The Morgan fingerprint density at radius 1 is 0.975 bits per heavy atom. The number of aliphatic imine (C=N–C) groups is 1. The minimum absolute atomic E-state index is 0.0294. The Bertz CT molecular complexity index is 1470. The molecule has 3 aromatic carbocycles. The Labute approximate surface area is 252 Å². The second-order valence-corrected chi connectivity index (χ2v) is 11.0. The summed E-state index contributed by atoms with van der Waals surface area (Å²) in [5, 5.41) is 3.91. The van der Waals surface area contributed by atoms with E-state index in [1.807, 2.05) is 31.2 Å². The van der Waals surface area contributed by atoms with Gasteiger partial charge in [-0.3, -0.25) is 19.4 Å². The van der Waals surface area contributed by atoms with Crippen molar-refractivity contribution in [1.82, 2.24) is 5.32 Å². The summed E-state index contributed by atoms with van der Waals surface area (Å²) in [6.07, 6.45) is 1.03. The number of hydrogen-bond donors (Lipinski definition) is 1. The lowest BCUT2D eigenvalue weighted by Crippen LogP contribution is -2.40. The highest BCUT2D eigenvalue weighted by Crippen LogP contribution is 2.33. The normalized spacial score (nSPS) is 14.7. The monoisotopic (exact) mass is 618 g/mol. The van der Waals surface area contributed by atoms with Gasteiger partial charge in [0, 0.05) is 40.4 Å². The average Bonchev–Trinajstić information content (AvgIpc) is 3.03. The van der Waals surface area contributed by atoms with E-state index in [1.165, 1.54) is 6.07 Å². The largest absolute Gasteiger partial charge is 0.493 e. The Kier molecular flexibility index (Phi) is 10.3. The molecule has 1 atom stereocenters. The molecule has 0 fully saturated rings. The number of hydrogen-bond acceptors (Lipinski definition) is 5. The number of ether oxygens (including phenoxy) is 1. The summed E-state index contributed by atoms with van der Waals surface area (Å²) in [7, 11) is 0.